The minimum atomic E-state index is 0.413. The molecule has 1 fully saturated rings. The fourth-order valence-corrected chi connectivity index (χ4v) is 3.88. The van der Waals surface area contributed by atoms with Gasteiger partial charge in [-0.25, -0.2) is 4.98 Å². The predicted molar refractivity (Wildman–Crippen MR) is 88.8 cm³/mol. The van der Waals surface area contributed by atoms with Gasteiger partial charge in [0.1, 0.15) is 5.82 Å². The number of rotatable bonds is 3. The van der Waals surface area contributed by atoms with Crippen molar-refractivity contribution in [2.45, 2.75) is 51.1 Å². The predicted octanol–water partition coefficient (Wildman–Crippen LogP) is 3.50. The molecule has 23 heavy (non-hydrogen) atoms. The van der Waals surface area contributed by atoms with Crippen LogP contribution < -0.4 is 0 Å². The summed E-state index contributed by atoms with van der Waals surface area (Å²) in [5.74, 6) is 1.17. The van der Waals surface area contributed by atoms with E-state index in [0.717, 1.165) is 31.5 Å². The average molecular weight is 306 g/mol. The van der Waals surface area contributed by atoms with Crippen molar-refractivity contribution in [2.75, 3.05) is 6.54 Å². The second-order valence-electron chi connectivity index (χ2n) is 6.69. The van der Waals surface area contributed by atoms with E-state index in [2.05, 4.69) is 28.1 Å². The molecule has 118 valence electrons. The number of likely N-dealkylation sites (tertiary alicyclic amines) is 1. The minimum Gasteiger partial charge on any atom is -0.344 e. The van der Waals surface area contributed by atoms with E-state index in [4.69, 9.17) is 10.2 Å². The van der Waals surface area contributed by atoms with E-state index in [-0.39, 0.29) is 0 Å². The highest BCUT2D eigenvalue weighted by Crippen LogP contribution is 2.33. The van der Waals surface area contributed by atoms with Gasteiger partial charge in [-0.1, -0.05) is 12.1 Å². The number of aromatic amines is 1. The van der Waals surface area contributed by atoms with Gasteiger partial charge in [0, 0.05) is 12.2 Å². The lowest BCUT2D eigenvalue weighted by Gasteiger charge is -2.23. The molecule has 0 radical (unpaired) electrons. The van der Waals surface area contributed by atoms with Crippen LogP contribution in [0.4, 0.5) is 0 Å². The van der Waals surface area contributed by atoms with Gasteiger partial charge in [0.2, 0.25) is 0 Å². The van der Waals surface area contributed by atoms with Gasteiger partial charge < -0.3 is 4.98 Å². The minimum absolute atomic E-state index is 0.413. The van der Waals surface area contributed by atoms with Crippen molar-refractivity contribution >= 4 is 0 Å². The Labute approximate surface area is 137 Å². The molecule has 1 aromatic carbocycles. The Morgan fingerprint density at radius 2 is 2.00 bits per heavy atom. The Kier molecular flexibility index (Phi) is 3.88. The van der Waals surface area contributed by atoms with Crippen LogP contribution in [0.25, 0.3) is 0 Å². The normalized spacial score (nSPS) is 21.1. The van der Waals surface area contributed by atoms with Gasteiger partial charge in [0.05, 0.1) is 23.4 Å². The molecule has 4 heteroatoms. The maximum Gasteiger partial charge on any atom is 0.124 e. The van der Waals surface area contributed by atoms with Crippen LogP contribution in [0.1, 0.15) is 60.1 Å². The Morgan fingerprint density at radius 3 is 2.78 bits per heavy atom. The van der Waals surface area contributed by atoms with E-state index < -0.39 is 0 Å². The molecule has 1 aliphatic carbocycles. The number of nitrogens with zero attached hydrogens (tertiary/aromatic N) is 3. The highest BCUT2D eigenvalue weighted by atomic mass is 15.2. The maximum absolute atomic E-state index is 8.91. The Morgan fingerprint density at radius 1 is 1.17 bits per heavy atom. The molecule has 1 N–H and O–H groups in total. The molecular formula is C19H22N4. The third kappa shape index (κ3) is 2.89. The van der Waals surface area contributed by atoms with Gasteiger partial charge in [0.15, 0.2) is 0 Å². The Hall–Kier alpha value is -2.12. The van der Waals surface area contributed by atoms with E-state index in [1.54, 1.807) is 0 Å². The van der Waals surface area contributed by atoms with Crippen LogP contribution in [-0.2, 0) is 19.4 Å². The molecule has 2 aliphatic rings. The molecule has 0 saturated carbocycles. The van der Waals surface area contributed by atoms with Crippen molar-refractivity contribution in [3.05, 3.63) is 52.6 Å². The molecule has 1 saturated heterocycles. The number of nitriles is 1. The van der Waals surface area contributed by atoms with E-state index in [1.807, 2.05) is 12.1 Å². The van der Waals surface area contributed by atoms with Crippen LogP contribution in [0.5, 0.6) is 0 Å². The summed E-state index contributed by atoms with van der Waals surface area (Å²) in [4.78, 5) is 11.0. The summed E-state index contributed by atoms with van der Waals surface area (Å²) < 4.78 is 0. The van der Waals surface area contributed by atoms with Gasteiger partial charge in [-0.15, -0.1) is 0 Å². The van der Waals surface area contributed by atoms with E-state index in [9.17, 15) is 0 Å². The quantitative estimate of drug-likeness (QED) is 0.944. The first kappa shape index (κ1) is 14.5. The molecule has 1 aromatic heterocycles. The van der Waals surface area contributed by atoms with E-state index in [0.29, 0.717) is 6.04 Å². The van der Waals surface area contributed by atoms with E-state index in [1.165, 1.54) is 48.5 Å². The lowest BCUT2D eigenvalue weighted by atomic mass is 10.0. The molecule has 2 heterocycles. The first-order valence-corrected chi connectivity index (χ1v) is 8.64. The topological polar surface area (TPSA) is 55.7 Å². The Balaban J connectivity index is 1.52. The van der Waals surface area contributed by atoms with Crippen LogP contribution >= 0.6 is 0 Å². The Bertz CT molecular complexity index is 699. The summed E-state index contributed by atoms with van der Waals surface area (Å²) in [6, 6.07) is 10.6. The number of aromatic nitrogens is 2. The highest BCUT2D eigenvalue weighted by Gasteiger charge is 2.29. The molecular weight excluding hydrogens is 284 g/mol. The standard InChI is InChI=1S/C19H22N4/c20-12-14-7-9-15(10-8-14)13-23-11-3-6-18(23)19-21-16-4-1-2-5-17(16)22-19/h7-10,18H,1-6,11,13H2,(H,21,22)/t18-/m1/s1. The second kappa shape index (κ2) is 6.17. The lowest BCUT2D eigenvalue weighted by molar-refractivity contribution is 0.240. The zero-order valence-corrected chi connectivity index (χ0v) is 13.4. The van der Waals surface area contributed by atoms with Crippen LogP contribution in [0, 0.1) is 11.3 Å². The zero-order valence-electron chi connectivity index (χ0n) is 13.4. The fourth-order valence-electron chi connectivity index (χ4n) is 3.88. The third-order valence-corrected chi connectivity index (χ3v) is 5.12. The number of hydrogen-bond acceptors (Lipinski definition) is 3. The van der Waals surface area contributed by atoms with Crippen LogP contribution in [-0.4, -0.2) is 21.4 Å². The lowest BCUT2D eigenvalue weighted by Crippen LogP contribution is -2.23. The third-order valence-electron chi connectivity index (χ3n) is 5.12. The molecule has 0 amide bonds. The van der Waals surface area contributed by atoms with Crippen molar-refractivity contribution in [3.8, 4) is 6.07 Å². The van der Waals surface area contributed by atoms with Crippen molar-refractivity contribution in [1.29, 1.82) is 5.26 Å². The molecule has 1 atom stereocenters. The van der Waals surface area contributed by atoms with Crippen molar-refractivity contribution in [3.63, 3.8) is 0 Å². The highest BCUT2D eigenvalue weighted by molar-refractivity contribution is 5.31. The molecule has 1 aliphatic heterocycles. The summed E-state index contributed by atoms with van der Waals surface area (Å²) in [5.41, 5.74) is 4.67. The van der Waals surface area contributed by atoms with Gasteiger partial charge >= 0.3 is 0 Å². The number of aryl methyl sites for hydroxylation is 2. The van der Waals surface area contributed by atoms with Gasteiger partial charge in [-0.05, 0) is 62.8 Å². The number of imidazole rings is 1. The number of benzene rings is 1. The summed E-state index contributed by atoms with van der Waals surface area (Å²) in [6.45, 7) is 2.05. The second-order valence-corrected chi connectivity index (χ2v) is 6.69. The largest absolute Gasteiger partial charge is 0.344 e. The molecule has 2 aromatic rings. The summed E-state index contributed by atoms with van der Waals surface area (Å²) in [7, 11) is 0. The monoisotopic (exact) mass is 306 g/mol. The fraction of sp³-hybridized carbons (Fsp3) is 0.474. The number of fused-ring (bicyclic) bond motifs is 1. The van der Waals surface area contributed by atoms with Crippen molar-refractivity contribution in [1.82, 2.24) is 14.9 Å². The van der Waals surface area contributed by atoms with Crippen molar-refractivity contribution < 1.29 is 0 Å². The summed E-state index contributed by atoms with van der Waals surface area (Å²) in [5, 5.41) is 8.91. The summed E-state index contributed by atoms with van der Waals surface area (Å²) >= 11 is 0. The summed E-state index contributed by atoms with van der Waals surface area (Å²) in [6.07, 6.45) is 7.26. The first-order chi connectivity index (χ1) is 11.3. The zero-order chi connectivity index (χ0) is 15.6. The number of nitrogens with one attached hydrogen (secondary N) is 1. The SMILES string of the molecule is N#Cc1ccc(CN2CCC[C@@H]2c2nc3c([nH]2)CCCC3)cc1. The molecule has 0 unspecified atom stereocenters. The van der Waals surface area contributed by atoms with Gasteiger partial charge in [-0.3, -0.25) is 4.90 Å². The van der Waals surface area contributed by atoms with Gasteiger partial charge in [-0.2, -0.15) is 5.26 Å². The van der Waals surface area contributed by atoms with Crippen LogP contribution in [0.3, 0.4) is 0 Å². The number of hydrogen-bond donors (Lipinski definition) is 1. The van der Waals surface area contributed by atoms with Crippen LogP contribution in [0.15, 0.2) is 24.3 Å². The number of H-pyrrole nitrogens is 1. The first-order valence-electron chi connectivity index (χ1n) is 8.64. The van der Waals surface area contributed by atoms with Gasteiger partial charge in [0.25, 0.3) is 0 Å². The molecule has 0 bridgehead atoms. The molecule has 0 spiro atoms. The van der Waals surface area contributed by atoms with Crippen molar-refractivity contribution in [2.24, 2.45) is 0 Å². The molecule has 4 nitrogen and oxygen atoms in total. The molecule has 4 rings (SSSR count). The van der Waals surface area contributed by atoms with Crippen LogP contribution in [0.2, 0.25) is 0 Å². The maximum atomic E-state index is 8.91. The van der Waals surface area contributed by atoms with E-state index >= 15 is 0 Å². The average Bonchev–Trinajstić information content (AvgIpc) is 3.21. The smallest absolute Gasteiger partial charge is 0.124 e.